The molecule has 1 aliphatic rings. The first kappa shape index (κ1) is 16.4. The number of amides is 2. The maximum Gasteiger partial charge on any atom is 0.332 e. The largest absolute Gasteiger partial charge is 0.479 e. The van der Waals surface area contributed by atoms with E-state index >= 15 is 0 Å². The third-order valence-corrected chi connectivity index (χ3v) is 3.26. The van der Waals surface area contributed by atoms with Gasteiger partial charge in [-0.25, -0.2) is 4.79 Å². The Balaban J connectivity index is 2.21. The van der Waals surface area contributed by atoms with E-state index in [4.69, 9.17) is 9.84 Å². The van der Waals surface area contributed by atoms with Crippen LogP contribution >= 0.6 is 0 Å². The molecule has 1 saturated heterocycles. The van der Waals surface area contributed by atoms with Gasteiger partial charge in [0.2, 0.25) is 11.8 Å². The van der Waals surface area contributed by atoms with E-state index < -0.39 is 18.2 Å². The molecule has 3 N–H and O–H groups in total. The van der Waals surface area contributed by atoms with Gasteiger partial charge in [0.1, 0.15) is 6.10 Å². The van der Waals surface area contributed by atoms with Gasteiger partial charge in [0, 0.05) is 19.0 Å². The van der Waals surface area contributed by atoms with Crippen LogP contribution in [0.4, 0.5) is 0 Å². The van der Waals surface area contributed by atoms with Crippen molar-refractivity contribution in [2.45, 2.75) is 57.8 Å². The number of nitrogens with one attached hydrogen (secondary N) is 2. The van der Waals surface area contributed by atoms with Gasteiger partial charge in [-0.3, -0.25) is 9.59 Å². The maximum absolute atomic E-state index is 11.7. The molecule has 3 unspecified atom stereocenters. The third-order valence-electron chi connectivity index (χ3n) is 3.26. The van der Waals surface area contributed by atoms with Crippen LogP contribution in [0.25, 0.3) is 0 Å². The number of rotatable bonds is 7. The van der Waals surface area contributed by atoms with Crippen molar-refractivity contribution in [1.82, 2.24) is 10.6 Å². The van der Waals surface area contributed by atoms with Gasteiger partial charge in [0.15, 0.2) is 6.10 Å². The highest BCUT2D eigenvalue weighted by Crippen LogP contribution is 2.19. The fourth-order valence-corrected chi connectivity index (χ4v) is 1.87. The first-order valence-corrected chi connectivity index (χ1v) is 6.89. The van der Waals surface area contributed by atoms with Crippen LogP contribution in [0.5, 0.6) is 0 Å². The van der Waals surface area contributed by atoms with Crippen molar-refractivity contribution in [3.05, 3.63) is 0 Å². The minimum atomic E-state index is -1.05. The quantitative estimate of drug-likeness (QED) is 0.613. The molecular formula is C13H22N2O5. The van der Waals surface area contributed by atoms with Crippen molar-refractivity contribution < 1.29 is 24.2 Å². The Kier molecular flexibility index (Phi) is 6.44. The van der Waals surface area contributed by atoms with Crippen LogP contribution in [0.15, 0.2) is 0 Å². The van der Waals surface area contributed by atoms with Crippen LogP contribution in [-0.4, -0.2) is 47.7 Å². The Hall–Kier alpha value is -1.63. The van der Waals surface area contributed by atoms with E-state index in [0.29, 0.717) is 12.8 Å². The predicted molar refractivity (Wildman–Crippen MR) is 71.1 cm³/mol. The second-order valence-electron chi connectivity index (χ2n) is 4.95. The fraction of sp³-hybridized carbons (Fsp3) is 0.769. The molecule has 0 aliphatic carbocycles. The molecule has 1 rings (SSSR count). The first-order chi connectivity index (χ1) is 9.43. The van der Waals surface area contributed by atoms with E-state index in [1.165, 1.54) is 0 Å². The zero-order chi connectivity index (χ0) is 15.1. The van der Waals surface area contributed by atoms with Gasteiger partial charge in [0.25, 0.3) is 0 Å². The summed E-state index contributed by atoms with van der Waals surface area (Å²) in [4.78, 5) is 33.9. The lowest BCUT2D eigenvalue weighted by Crippen LogP contribution is -2.39. The summed E-state index contributed by atoms with van der Waals surface area (Å²) >= 11 is 0. The highest BCUT2D eigenvalue weighted by atomic mass is 16.5. The van der Waals surface area contributed by atoms with Gasteiger partial charge >= 0.3 is 5.97 Å². The molecule has 0 spiro atoms. The van der Waals surface area contributed by atoms with E-state index in [1.54, 1.807) is 0 Å². The average molecular weight is 286 g/mol. The summed E-state index contributed by atoms with van der Waals surface area (Å²) in [6, 6.07) is 0.118. The van der Waals surface area contributed by atoms with Crippen LogP contribution in [-0.2, 0) is 19.1 Å². The normalized spacial score (nSPS) is 23.1. The summed E-state index contributed by atoms with van der Waals surface area (Å²) < 4.78 is 5.11. The molecule has 114 valence electrons. The molecule has 0 radical (unpaired) electrons. The van der Waals surface area contributed by atoms with Crippen molar-refractivity contribution in [2.75, 3.05) is 6.54 Å². The molecule has 1 heterocycles. The molecule has 1 aliphatic heterocycles. The lowest BCUT2D eigenvalue weighted by atomic mass is 10.2. The zero-order valence-corrected chi connectivity index (χ0v) is 11.8. The van der Waals surface area contributed by atoms with Gasteiger partial charge < -0.3 is 20.5 Å². The molecule has 0 saturated carbocycles. The van der Waals surface area contributed by atoms with E-state index in [0.717, 1.165) is 6.42 Å². The fourth-order valence-electron chi connectivity index (χ4n) is 1.87. The van der Waals surface area contributed by atoms with Crippen LogP contribution < -0.4 is 10.6 Å². The number of carboxylic acid groups (broad SMARTS) is 1. The number of carbonyl (C=O) groups excluding carboxylic acids is 2. The van der Waals surface area contributed by atoms with E-state index in [1.807, 2.05) is 13.8 Å². The Morgan fingerprint density at radius 3 is 2.50 bits per heavy atom. The highest BCUT2D eigenvalue weighted by molar-refractivity contribution is 5.83. The van der Waals surface area contributed by atoms with Crippen molar-refractivity contribution in [3.8, 4) is 0 Å². The standard InChI is InChI=1S/C13H22N2O5/c1-3-8(2)15-11(16)6-7-14-12(17)9-4-5-10(20-9)13(18)19/h8-10H,3-7H2,1-2H3,(H,14,17)(H,15,16)(H,18,19). The van der Waals surface area contributed by atoms with Crippen LogP contribution in [0, 0.1) is 0 Å². The third kappa shape index (κ3) is 5.16. The maximum atomic E-state index is 11.7. The van der Waals surface area contributed by atoms with Crippen LogP contribution in [0.3, 0.4) is 0 Å². The molecule has 20 heavy (non-hydrogen) atoms. The van der Waals surface area contributed by atoms with Gasteiger partial charge in [-0.05, 0) is 26.2 Å². The van der Waals surface area contributed by atoms with Crippen molar-refractivity contribution >= 4 is 17.8 Å². The van der Waals surface area contributed by atoms with Crippen LogP contribution in [0.2, 0.25) is 0 Å². The Morgan fingerprint density at radius 1 is 1.30 bits per heavy atom. The minimum absolute atomic E-state index is 0.115. The van der Waals surface area contributed by atoms with E-state index in [2.05, 4.69) is 10.6 Å². The van der Waals surface area contributed by atoms with Crippen molar-refractivity contribution in [3.63, 3.8) is 0 Å². The number of aliphatic carboxylic acids is 1. The Labute approximate surface area is 118 Å². The van der Waals surface area contributed by atoms with Crippen molar-refractivity contribution in [2.24, 2.45) is 0 Å². The Morgan fingerprint density at radius 2 is 1.95 bits per heavy atom. The smallest absolute Gasteiger partial charge is 0.332 e. The zero-order valence-electron chi connectivity index (χ0n) is 11.8. The number of carbonyl (C=O) groups is 3. The molecule has 2 amide bonds. The molecule has 1 fully saturated rings. The van der Waals surface area contributed by atoms with Crippen LogP contribution in [0.1, 0.15) is 39.5 Å². The summed E-state index contributed by atoms with van der Waals surface area (Å²) in [5.74, 6) is -1.52. The van der Waals surface area contributed by atoms with Gasteiger partial charge in [-0.2, -0.15) is 0 Å². The van der Waals surface area contributed by atoms with E-state index in [9.17, 15) is 14.4 Å². The summed E-state index contributed by atoms with van der Waals surface area (Å²) in [6.45, 7) is 4.11. The minimum Gasteiger partial charge on any atom is -0.479 e. The number of hydrogen-bond acceptors (Lipinski definition) is 4. The lowest BCUT2D eigenvalue weighted by Gasteiger charge is -2.13. The summed E-state index contributed by atoms with van der Waals surface area (Å²) in [6.07, 6.45) is 0.146. The second kappa shape index (κ2) is 7.84. The van der Waals surface area contributed by atoms with E-state index in [-0.39, 0.29) is 30.8 Å². The first-order valence-electron chi connectivity index (χ1n) is 6.89. The monoisotopic (exact) mass is 286 g/mol. The Bertz CT molecular complexity index is 372. The van der Waals surface area contributed by atoms with Gasteiger partial charge in [0.05, 0.1) is 0 Å². The molecule has 7 heteroatoms. The predicted octanol–water partition coefficient (Wildman–Crippen LogP) is 0.0396. The molecule has 0 aromatic rings. The average Bonchev–Trinajstić information content (AvgIpc) is 2.88. The van der Waals surface area contributed by atoms with Gasteiger partial charge in [-0.15, -0.1) is 0 Å². The summed E-state index contributed by atoms with van der Waals surface area (Å²) in [5, 5.41) is 14.1. The second-order valence-corrected chi connectivity index (χ2v) is 4.95. The summed E-state index contributed by atoms with van der Waals surface area (Å²) in [5.41, 5.74) is 0. The molecule has 7 nitrogen and oxygen atoms in total. The molecular weight excluding hydrogens is 264 g/mol. The topological polar surface area (TPSA) is 105 Å². The number of carboxylic acids is 1. The molecule has 0 aromatic heterocycles. The lowest BCUT2D eigenvalue weighted by molar-refractivity contribution is -0.151. The molecule has 0 bridgehead atoms. The number of hydrogen-bond donors (Lipinski definition) is 3. The SMILES string of the molecule is CCC(C)NC(=O)CCNC(=O)C1CCC(C(=O)O)O1. The summed E-state index contributed by atoms with van der Waals surface area (Å²) in [7, 11) is 0. The number of ether oxygens (including phenoxy) is 1. The van der Waals surface area contributed by atoms with Gasteiger partial charge in [-0.1, -0.05) is 6.92 Å². The molecule has 0 aromatic carbocycles. The highest BCUT2D eigenvalue weighted by Gasteiger charge is 2.34. The molecule has 3 atom stereocenters. The van der Waals surface area contributed by atoms with Crippen molar-refractivity contribution in [1.29, 1.82) is 0 Å².